The van der Waals surface area contributed by atoms with E-state index >= 15 is 0 Å². The second-order valence-corrected chi connectivity index (χ2v) is 3.35. The van der Waals surface area contributed by atoms with Gasteiger partial charge in [-0.1, -0.05) is 12.7 Å². The standard InChI is InChI=1S/C4H10BNO.C4H8BO/c1-5-6-3-2-4-7-5;1-2-4-6-5-3-1/h6H,2-4H2,1H3;1-4H2. The lowest BCUT2D eigenvalue weighted by atomic mass is 9.86. The Balaban J connectivity index is 0.000000132. The van der Waals surface area contributed by atoms with E-state index in [1.165, 1.54) is 12.8 Å². The van der Waals surface area contributed by atoms with E-state index in [0.717, 1.165) is 32.5 Å². The van der Waals surface area contributed by atoms with Crippen LogP contribution in [0.3, 0.4) is 0 Å². The van der Waals surface area contributed by atoms with Gasteiger partial charge in [0.1, 0.15) is 0 Å². The van der Waals surface area contributed by atoms with E-state index in [1.54, 1.807) is 0 Å². The average Bonchev–Trinajstić information content (AvgIpc) is 2.22. The van der Waals surface area contributed by atoms with Crippen LogP contribution in [0.25, 0.3) is 0 Å². The molecule has 0 aromatic rings. The summed E-state index contributed by atoms with van der Waals surface area (Å²) < 4.78 is 10.1. The van der Waals surface area contributed by atoms with Crippen LogP contribution in [0.2, 0.25) is 13.1 Å². The van der Waals surface area contributed by atoms with Gasteiger partial charge in [-0.05, 0) is 26.2 Å². The summed E-state index contributed by atoms with van der Waals surface area (Å²) in [5.41, 5.74) is 0. The zero-order chi connectivity index (χ0) is 9.36. The fourth-order valence-electron chi connectivity index (χ4n) is 1.28. The molecule has 0 unspecified atom stereocenters. The topological polar surface area (TPSA) is 30.5 Å². The number of nitrogens with one attached hydrogen (secondary N) is 1. The summed E-state index contributed by atoms with van der Waals surface area (Å²) in [5.74, 6) is 0. The molecule has 0 amide bonds. The van der Waals surface area contributed by atoms with Gasteiger partial charge in [-0.15, -0.1) is 0 Å². The van der Waals surface area contributed by atoms with E-state index in [0.29, 0.717) is 0 Å². The first-order chi connectivity index (χ1) is 6.39. The van der Waals surface area contributed by atoms with E-state index in [2.05, 4.69) is 5.23 Å². The lowest BCUT2D eigenvalue weighted by Gasteiger charge is -2.16. The Kier molecular flexibility index (Phi) is 6.33. The molecule has 0 atom stereocenters. The summed E-state index contributed by atoms with van der Waals surface area (Å²) >= 11 is 0. The number of hydrogen-bond donors (Lipinski definition) is 1. The molecule has 5 heteroatoms. The number of rotatable bonds is 0. The SMILES string of the molecule is CB1NCCCO1.[B]1CCCCO1. The van der Waals surface area contributed by atoms with Gasteiger partial charge in [0, 0.05) is 13.2 Å². The third-order valence-electron chi connectivity index (χ3n) is 2.07. The molecule has 2 saturated heterocycles. The molecule has 0 saturated carbocycles. The molecule has 0 bridgehead atoms. The summed E-state index contributed by atoms with van der Waals surface area (Å²) in [7, 11) is 2.18. The van der Waals surface area contributed by atoms with Crippen molar-refractivity contribution in [3.8, 4) is 0 Å². The van der Waals surface area contributed by atoms with E-state index in [1.807, 2.05) is 14.3 Å². The van der Waals surface area contributed by atoms with E-state index in [9.17, 15) is 0 Å². The van der Waals surface area contributed by atoms with Crippen molar-refractivity contribution in [3.05, 3.63) is 0 Å². The van der Waals surface area contributed by atoms with Crippen molar-refractivity contribution in [2.24, 2.45) is 0 Å². The lowest BCUT2D eigenvalue weighted by molar-refractivity contribution is 0.283. The molecule has 0 spiro atoms. The zero-order valence-corrected chi connectivity index (χ0v) is 8.42. The van der Waals surface area contributed by atoms with Crippen molar-refractivity contribution in [1.82, 2.24) is 5.23 Å². The lowest BCUT2D eigenvalue weighted by Crippen LogP contribution is -2.39. The Morgan fingerprint density at radius 3 is 2.38 bits per heavy atom. The maximum absolute atomic E-state index is 5.17. The van der Waals surface area contributed by atoms with Crippen molar-refractivity contribution < 1.29 is 9.31 Å². The molecular weight excluding hydrogens is 164 g/mol. The van der Waals surface area contributed by atoms with E-state index < -0.39 is 0 Å². The summed E-state index contributed by atoms with van der Waals surface area (Å²) in [6, 6.07) is 0. The maximum atomic E-state index is 5.17. The van der Waals surface area contributed by atoms with Crippen molar-refractivity contribution in [2.75, 3.05) is 19.8 Å². The van der Waals surface area contributed by atoms with E-state index in [-0.39, 0.29) is 7.05 Å². The Bertz CT molecular complexity index is 105. The average molecular weight is 182 g/mol. The van der Waals surface area contributed by atoms with Crippen LogP contribution in [0.5, 0.6) is 0 Å². The Hall–Kier alpha value is 0.00987. The van der Waals surface area contributed by atoms with Gasteiger partial charge in [-0.2, -0.15) is 0 Å². The zero-order valence-electron chi connectivity index (χ0n) is 8.42. The van der Waals surface area contributed by atoms with Crippen molar-refractivity contribution in [3.63, 3.8) is 0 Å². The predicted molar refractivity (Wildman–Crippen MR) is 55.9 cm³/mol. The third-order valence-corrected chi connectivity index (χ3v) is 2.07. The quantitative estimate of drug-likeness (QED) is 0.565. The molecule has 2 rings (SSSR count). The van der Waals surface area contributed by atoms with Gasteiger partial charge in [0.05, 0.1) is 0 Å². The minimum Gasteiger partial charge on any atom is -0.440 e. The first kappa shape index (κ1) is 11.1. The van der Waals surface area contributed by atoms with Crippen LogP contribution in [0.15, 0.2) is 0 Å². The van der Waals surface area contributed by atoms with E-state index in [4.69, 9.17) is 9.31 Å². The summed E-state index contributed by atoms with van der Waals surface area (Å²) in [5, 5.41) is 3.16. The molecule has 2 aliphatic heterocycles. The molecule has 13 heavy (non-hydrogen) atoms. The maximum Gasteiger partial charge on any atom is 0.376 e. The van der Waals surface area contributed by atoms with Gasteiger partial charge in [-0.25, -0.2) is 0 Å². The van der Waals surface area contributed by atoms with Gasteiger partial charge < -0.3 is 14.5 Å². The Morgan fingerprint density at radius 2 is 2.15 bits per heavy atom. The van der Waals surface area contributed by atoms with Crippen molar-refractivity contribution in [1.29, 1.82) is 0 Å². The van der Waals surface area contributed by atoms with Gasteiger partial charge in [0.15, 0.2) is 0 Å². The molecular formula is C8H18B2NO2. The second kappa shape index (κ2) is 7.42. The smallest absolute Gasteiger partial charge is 0.376 e. The minimum absolute atomic E-state index is 0.286. The molecule has 1 N–H and O–H groups in total. The molecule has 73 valence electrons. The molecule has 2 aliphatic rings. The fraction of sp³-hybridized carbons (Fsp3) is 1.00. The molecule has 0 aliphatic carbocycles. The highest BCUT2D eigenvalue weighted by Gasteiger charge is 2.10. The molecule has 3 nitrogen and oxygen atoms in total. The second-order valence-electron chi connectivity index (χ2n) is 3.35. The minimum atomic E-state index is 0.286. The normalized spacial score (nSPS) is 22.7. The fourth-order valence-corrected chi connectivity index (χ4v) is 1.28. The highest BCUT2D eigenvalue weighted by Crippen LogP contribution is 2.01. The first-order valence-corrected chi connectivity index (χ1v) is 5.18. The van der Waals surface area contributed by atoms with Crippen LogP contribution in [0, 0.1) is 0 Å². The Labute approximate surface area is 82.0 Å². The molecule has 0 aromatic heterocycles. The van der Waals surface area contributed by atoms with Gasteiger partial charge in [-0.3, -0.25) is 0 Å². The van der Waals surface area contributed by atoms with Crippen molar-refractivity contribution >= 4 is 14.5 Å². The van der Waals surface area contributed by atoms with Gasteiger partial charge in [0.25, 0.3) is 7.48 Å². The largest absolute Gasteiger partial charge is 0.440 e. The summed E-state index contributed by atoms with van der Waals surface area (Å²) in [6.45, 7) is 5.01. The number of hydrogen-bond acceptors (Lipinski definition) is 3. The highest BCUT2D eigenvalue weighted by atomic mass is 16.4. The third kappa shape index (κ3) is 6.13. The van der Waals surface area contributed by atoms with Crippen LogP contribution in [-0.4, -0.2) is 34.3 Å². The molecule has 0 aromatic carbocycles. The summed E-state index contributed by atoms with van der Waals surface area (Å²) in [4.78, 5) is 0. The van der Waals surface area contributed by atoms with Crippen LogP contribution in [0.1, 0.15) is 19.3 Å². The first-order valence-electron chi connectivity index (χ1n) is 5.18. The van der Waals surface area contributed by atoms with Gasteiger partial charge in [0.2, 0.25) is 0 Å². The highest BCUT2D eigenvalue weighted by molar-refractivity contribution is 6.47. The summed E-state index contributed by atoms with van der Waals surface area (Å²) in [6.07, 6.45) is 4.88. The molecule has 2 heterocycles. The predicted octanol–water partition coefficient (Wildman–Crippen LogP) is 0.949. The van der Waals surface area contributed by atoms with Gasteiger partial charge >= 0.3 is 7.05 Å². The molecule has 2 fully saturated rings. The monoisotopic (exact) mass is 182 g/mol. The van der Waals surface area contributed by atoms with Crippen LogP contribution in [-0.2, 0) is 9.31 Å². The van der Waals surface area contributed by atoms with Crippen molar-refractivity contribution in [2.45, 2.75) is 32.4 Å². The molecule has 1 radical (unpaired) electrons. The Morgan fingerprint density at radius 1 is 1.23 bits per heavy atom. The van der Waals surface area contributed by atoms with Crippen LogP contribution in [0.4, 0.5) is 0 Å². The van der Waals surface area contributed by atoms with Crippen LogP contribution >= 0.6 is 0 Å². The van der Waals surface area contributed by atoms with Crippen LogP contribution < -0.4 is 5.23 Å².